The molecule has 0 radical (unpaired) electrons. The normalized spacial score (nSPS) is 20.2. The first kappa shape index (κ1) is 15.8. The maximum absolute atomic E-state index is 12.8. The van der Waals surface area contributed by atoms with Crippen molar-refractivity contribution in [2.75, 3.05) is 13.2 Å². The number of fused-ring (bicyclic) bond motifs is 1. The first-order valence-corrected chi connectivity index (χ1v) is 9.44. The molecule has 1 saturated carbocycles. The summed E-state index contributed by atoms with van der Waals surface area (Å²) in [4.78, 5) is 21.3. The van der Waals surface area contributed by atoms with Crippen molar-refractivity contribution >= 4 is 17.2 Å². The van der Waals surface area contributed by atoms with Gasteiger partial charge in [-0.25, -0.2) is 4.98 Å². The minimum absolute atomic E-state index is 0.00848. The van der Waals surface area contributed by atoms with Gasteiger partial charge in [0.2, 0.25) is 0 Å². The molecule has 6 heteroatoms. The number of carbonyl (C=O) groups excluding carboxylic acids is 1. The molecule has 1 amide bonds. The van der Waals surface area contributed by atoms with Crippen LogP contribution in [0.1, 0.15) is 51.9 Å². The Hall–Kier alpha value is -1.66. The summed E-state index contributed by atoms with van der Waals surface area (Å²) in [6, 6.07) is 3.92. The van der Waals surface area contributed by atoms with E-state index in [-0.39, 0.29) is 11.9 Å². The van der Waals surface area contributed by atoms with Gasteiger partial charge in [-0.2, -0.15) is 0 Å². The molecule has 0 saturated heterocycles. The monoisotopic (exact) mass is 345 g/mol. The first-order valence-electron chi connectivity index (χ1n) is 8.63. The Kier molecular flexibility index (Phi) is 4.18. The van der Waals surface area contributed by atoms with Crippen molar-refractivity contribution in [2.45, 2.75) is 45.9 Å². The maximum Gasteiger partial charge on any atom is 0.264 e. The van der Waals surface area contributed by atoms with Gasteiger partial charge in [-0.1, -0.05) is 0 Å². The Bertz CT molecular complexity index is 747. The number of aromatic nitrogens is 2. The summed E-state index contributed by atoms with van der Waals surface area (Å²) in [5, 5.41) is 0. The molecule has 4 rings (SSSR count). The van der Waals surface area contributed by atoms with Crippen LogP contribution in [-0.4, -0.2) is 33.5 Å². The average molecular weight is 345 g/mol. The third kappa shape index (κ3) is 3.00. The topological polar surface area (TPSA) is 47.4 Å². The van der Waals surface area contributed by atoms with Gasteiger partial charge in [0.05, 0.1) is 29.4 Å². The molecule has 2 aliphatic rings. The molecule has 0 N–H and O–H groups in total. The van der Waals surface area contributed by atoms with Crippen LogP contribution in [0.3, 0.4) is 0 Å². The minimum Gasteiger partial charge on any atom is -0.375 e. The molecule has 1 fully saturated rings. The van der Waals surface area contributed by atoms with E-state index in [1.54, 1.807) is 11.3 Å². The molecule has 0 unspecified atom stereocenters. The standard InChI is InChI=1S/C18H23N3O2S/c1-12-3-6-16(24-12)18(22)20-7-8-21-15(9-19-17(21)13(20)2)11-23-10-14-4-5-14/h3,6,9,13-14H,4-5,7-8,10-11H2,1-2H3/t13-/m1/s1. The number of hydrogen-bond donors (Lipinski definition) is 0. The molecule has 0 spiro atoms. The van der Waals surface area contributed by atoms with Crippen LogP contribution in [0.4, 0.5) is 0 Å². The van der Waals surface area contributed by atoms with Gasteiger partial charge < -0.3 is 14.2 Å². The predicted molar refractivity (Wildman–Crippen MR) is 93.1 cm³/mol. The third-order valence-corrected chi connectivity index (χ3v) is 5.88. The van der Waals surface area contributed by atoms with Crippen molar-refractivity contribution < 1.29 is 9.53 Å². The molecule has 1 aliphatic carbocycles. The van der Waals surface area contributed by atoms with Crippen molar-refractivity contribution in [1.29, 1.82) is 0 Å². The molecule has 2 aromatic rings. The van der Waals surface area contributed by atoms with Gasteiger partial charge in [-0.05, 0) is 44.7 Å². The van der Waals surface area contributed by atoms with Gasteiger partial charge in [0.1, 0.15) is 5.82 Å². The smallest absolute Gasteiger partial charge is 0.264 e. The Morgan fingerprint density at radius 3 is 2.92 bits per heavy atom. The SMILES string of the molecule is Cc1ccc(C(=O)N2CCn3c(COCC4CC4)cnc3[C@H]2C)s1. The second-order valence-electron chi connectivity index (χ2n) is 6.80. The van der Waals surface area contributed by atoms with Crippen molar-refractivity contribution in [3.05, 3.63) is 39.6 Å². The van der Waals surface area contributed by atoms with Crippen molar-refractivity contribution in [3.8, 4) is 0 Å². The molecule has 2 aromatic heterocycles. The van der Waals surface area contributed by atoms with Gasteiger partial charge in [0.25, 0.3) is 5.91 Å². The largest absolute Gasteiger partial charge is 0.375 e. The van der Waals surface area contributed by atoms with Crippen molar-refractivity contribution in [3.63, 3.8) is 0 Å². The van der Waals surface area contributed by atoms with E-state index in [4.69, 9.17) is 4.74 Å². The van der Waals surface area contributed by atoms with Gasteiger partial charge in [0.15, 0.2) is 0 Å². The van der Waals surface area contributed by atoms with Crippen molar-refractivity contribution in [1.82, 2.24) is 14.5 Å². The van der Waals surface area contributed by atoms with Gasteiger partial charge in [-0.3, -0.25) is 4.79 Å². The van der Waals surface area contributed by atoms with Crippen LogP contribution in [0.2, 0.25) is 0 Å². The third-order valence-electron chi connectivity index (χ3n) is 4.89. The fourth-order valence-corrected chi connectivity index (χ4v) is 4.08. The van der Waals surface area contributed by atoms with E-state index in [1.165, 1.54) is 17.7 Å². The molecular formula is C18H23N3O2S. The van der Waals surface area contributed by atoms with Crippen LogP contribution in [0.5, 0.6) is 0 Å². The first-order chi connectivity index (χ1) is 11.6. The number of carbonyl (C=O) groups is 1. The number of amides is 1. The zero-order valence-electron chi connectivity index (χ0n) is 14.2. The molecule has 0 bridgehead atoms. The van der Waals surface area contributed by atoms with Crippen LogP contribution in [0.25, 0.3) is 0 Å². The lowest BCUT2D eigenvalue weighted by molar-refractivity contribution is 0.0631. The Balaban J connectivity index is 1.47. The van der Waals surface area contributed by atoms with Crippen LogP contribution >= 0.6 is 11.3 Å². The number of hydrogen-bond acceptors (Lipinski definition) is 4. The summed E-state index contributed by atoms with van der Waals surface area (Å²) >= 11 is 1.56. The van der Waals surface area contributed by atoms with E-state index in [9.17, 15) is 4.79 Å². The van der Waals surface area contributed by atoms with E-state index in [1.807, 2.05) is 30.2 Å². The quantitative estimate of drug-likeness (QED) is 0.834. The van der Waals surface area contributed by atoms with E-state index in [0.29, 0.717) is 6.61 Å². The number of nitrogens with zero attached hydrogens (tertiary/aromatic N) is 3. The summed E-state index contributed by atoms with van der Waals surface area (Å²) in [5.74, 6) is 1.85. The number of ether oxygens (including phenoxy) is 1. The van der Waals surface area contributed by atoms with E-state index < -0.39 is 0 Å². The van der Waals surface area contributed by atoms with E-state index in [0.717, 1.165) is 42.0 Å². The van der Waals surface area contributed by atoms with Gasteiger partial charge >= 0.3 is 0 Å². The molecule has 24 heavy (non-hydrogen) atoms. The lowest BCUT2D eigenvalue weighted by Crippen LogP contribution is -2.41. The van der Waals surface area contributed by atoms with Crippen LogP contribution in [0.15, 0.2) is 18.3 Å². The summed E-state index contributed by atoms with van der Waals surface area (Å²) < 4.78 is 8.03. The number of thiophene rings is 1. The highest BCUT2D eigenvalue weighted by Crippen LogP contribution is 2.30. The van der Waals surface area contributed by atoms with Gasteiger partial charge in [0, 0.05) is 24.6 Å². The minimum atomic E-state index is -0.00848. The zero-order chi connectivity index (χ0) is 16.7. The Morgan fingerprint density at radius 1 is 1.38 bits per heavy atom. The average Bonchev–Trinajstić information content (AvgIpc) is 3.14. The Labute approximate surface area is 146 Å². The number of aryl methyl sites for hydroxylation is 1. The zero-order valence-corrected chi connectivity index (χ0v) is 15.0. The summed E-state index contributed by atoms with van der Waals surface area (Å²) in [6.45, 7) is 7.08. The molecule has 1 aliphatic heterocycles. The lowest BCUT2D eigenvalue weighted by atomic mass is 10.2. The highest BCUT2D eigenvalue weighted by molar-refractivity contribution is 7.13. The van der Waals surface area contributed by atoms with Crippen LogP contribution in [-0.2, 0) is 17.9 Å². The molecule has 3 heterocycles. The predicted octanol–water partition coefficient (Wildman–Crippen LogP) is 3.40. The molecular weight excluding hydrogens is 322 g/mol. The van der Waals surface area contributed by atoms with Gasteiger partial charge in [-0.15, -0.1) is 11.3 Å². The molecule has 0 aromatic carbocycles. The number of imidazole rings is 1. The molecule has 5 nitrogen and oxygen atoms in total. The highest BCUT2D eigenvalue weighted by Gasteiger charge is 2.31. The van der Waals surface area contributed by atoms with E-state index in [2.05, 4.69) is 16.5 Å². The van der Waals surface area contributed by atoms with Crippen LogP contribution in [0, 0.1) is 12.8 Å². The lowest BCUT2D eigenvalue weighted by Gasteiger charge is -2.34. The van der Waals surface area contributed by atoms with Crippen LogP contribution < -0.4 is 0 Å². The molecule has 1 atom stereocenters. The van der Waals surface area contributed by atoms with E-state index >= 15 is 0 Å². The fraction of sp³-hybridized carbons (Fsp3) is 0.556. The number of rotatable bonds is 5. The Morgan fingerprint density at radius 2 is 2.21 bits per heavy atom. The summed E-state index contributed by atoms with van der Waals surface area (Å²) in [7, 11) is 0. The van der Waals surface area contributed by atoms with Crippen molar-refractivity contribution in [2.24, 2.45) is 5.92 Å². The fourth-order valence-electron chi connectivity index (χ4n) is 3.26. The second kappa shape index (κ2) is 6.33. The maximum atomic E-state index is 12.8. The molecule has 128 valence electrons. The highest BCUT2D eigenvalue weighted by atomic mass is 32.1. The summed E-state index contributed by atoms with van der Waals surface area (Å²) in [6.07, 6.45) is 4.52. The summed E-state index contributed by atoms with van der Waals surface area (Å²) in [5.41, 5.74) is 1.12. The second-order valence-corrected chi connectivity index (χ2v) is 8.09.